The van der Waals surface area contributed by atoms with Crippen molar-refractivity contribution in [3.63, 3.8) is 0 Å². The number of carbonyl (C=O) groups excluding carboxylic acids is 1. The third kappa shape index (κ3) is 6.96. The van der Waals surface area contributed by atoms with Gasteiger partial charge in [-0.05, 0) is 31.2 Å². The lowest BCUT2D eigenvalue weighted by molar-refractivity contribution is -0.123. The van der Waals surface area contributed by atoms with E-state index in [0.717, 1.165) is 5.75 Å². The highest BCUT2D eigenvalue weighted by Gasteiger charge is 2.02. The second-order valence-electron chi connectivity index (χ2n) is 3.94. The third-order valence-corrected chi connectivity index (χ3v) is 2.34. The molecule has 3 N–H and O–H groups in total. The lowest BCUT2D eigenvalue weighted by Crippen LogP contribution is -2.32. The van der Waals surface area contributed by atoms with E-state index in [4.69, 9.17) is 19.9 Å². The van der Waals surface area contributed by atoms with Crippen LogP contribution >= 0.6 is 0 Å². The molecule has 0 spiro atoms. The van der Waals surface area contributed by atoms with Gasteiger partial charge in [0.05, 0.1) is 19.8 Å². The average Bonchev–Trinajstić information content (AvgIpc) is 2.47. The van der Waals surface area contributed by atoms with Crippen molar-refractivity contribution in [2.45, 2.75) is 6.92 Å². The zero-order valence-corrected chi connectivity index (χ0v) is 11.8. The summed E-state index contributed by atoms with van der Waals surface area (Å²) >= 11 is 0. The first kappa shape index (κ1) is 16.3. The Morgan fingerprint density at radius 2 is 1.80 bits per heavy atom. The first-order chi connectivity index (χ1) is 9.76. The van der Waals surface area contributed by atoms with Gasteiger partial charge in [0.25, 0.3) is 5.91 Å². The Bertz CT molecular complexity index is 381. The highest BCUT2D eigenvalue weighted by atomic mass is 16.5. The maximum atomic E-state index is 11.5. The molecular weight excluding hydrogens is 260 g/mol. The fourth-order valence-electron chi connectivity index (χ4n) is 1.45. The fourth-order valence-corrected chi connectivity index (χ4v) is 1.45. The molecule has 1 amide bonds. The van der Waals surface area contributed by atoms with Crippen LogP contribution in [0.15, 0.2) is 24.3 Å². The van der Waals surface area contributed by atoms with Crippen molar-refractivity contribution in [3.8, 4) is 11.5 Å². The van der Waals surface area contributed by atoms with Gasteiger partial charge in [-0.2, -0.15) is 0 Å². The summed E-state index contributed by atoms with van der Waals surface area (Å²) < 4.78 is 15.8. The van der Waals surface area contributed by atoms with Crippen LogP contribution in [-0.2, 0) is 9.53 Å². The maximum absolute atomic E-state index is 11.5. The van der Waals surface area contributed by atoms with Crippen molar-refractivity contribution in [2.24, 2.45) is 5.73 Å². The second-order valence-corrected chi connectivity index (χ2v) is 3.94. The second kappa shape index (κ2) is 10.1. The molecule has 0 aromatic heterocycles. The van der Waals surface area contributed by atoms with Crippen molar-refractivity contribution in [1.82, 2.24) is 5.32 Å². The van der Waals surface area contributed by atoms with E-state index in [-0.39, 0.29) is 12.5 Å². The molecule has 1 aromatic carbocycles. The molecule has 6 nitrogen and oxygen atoms in total. The molecule has 0 aliphatic heterocycles. The third-order valence-electron chi connectivity index (χ3n) is 2.34. The van der Waals surface area contributed by atoms with Gasteiger partial charge in [0.1, 0.15) is 11.5 Å². The molecule has 6 heteroatoms. The number of amides is 1. The van der Waals surface area contributed by atoms with E-state index >= 15 is 0 Å². The standard InChI is InChI=1S/C14H22N2O4/c1-2-19-12-3-5-13(6-4-12)20-11-14(17)16-8-10-18-9-7-15/h3-6H,2,7-11,15H2,1H3,(H,16,17). The Balaban J connectivity index is 2.16. The number of nitrogens with one attached hydrogen (secondary N) is 1. The van der Waals surface area contributed by atoms with E-state index in [1.165, 1.54) is 0 Å². The molecule has 1 rings (SSSR count). The van der Waals surface area contributed by atoms with E-state index in [2.05, 4.69) is 5.32 Å². The summed E-state index contributed by atoms with van der Waals surface area (Å²) in [6.07, 6.45) is 0. The molecule has 0 fully saturated rings. The zero-order valence-electron chi connectivity index (χ0n) is 11.8. The van der Waals surface area contributed by atoms with E-state index in [1.807, 2.05) is 6.92 Å². The summed E-state index contributed by atoms with van der Waals surface area (Å²) in [5, 5.41) is 2.69. The predicted octanol–water partition coefficient (Wildman–Crippen LogP) is 0.556. The summed E-state index contributed by atoms with van der Waals surface area (Å²) in [4.78, 5) is 11.5. The SMILES string of the molecule is CCOc1ccc(OCC(=O)NCCOCCN)cc1. The molecule has 0 atom stereocenters. The van der Waals surface area contributed by atoms with Gasteiger partial charge in [0.2, 0.25) is 0 Å². The largest absolute Gasteiger partial charge is 0.494 e. The number of rotatable bonds is 10. The lowest BCUT2D eigenvalue weighted by Gasteiger charge is -2.08. The quantitative estimate of drug-likeness (QED) is 0.613. The van der Waals surface area contributed by atoms with Gasteiger partial charge in [0.15, 0.2) is 6.61 Å². The number of hydrogen-bond donors (Lipinski definition) is 2. The number of nitrogens with two attached hydrogens (primary N) is 1. The van der Waals surface area contributed by atoms with Gasteiger partial charge in [-0.1, -0.05) is 0 Å². The Morgan fingerprint density at radius 1 is 1.15 bits per heavy atom. The molecule has 0 heterocycles. The smallest absolute Gasteiger partial charge is 0.258 e. The average molecular weight is 282 g/mol. The van der Waals surface area contributed by atoms with Crippen LogP contribution in [0.5, 0.6) is 11.5 Å². The zero-order chi connectivity index (χ0) is 14.6. The predicted molar refractivity (Wildman–Crippen MR) is 76.0 cm³/mol. The van der Waals surface area contributed by atoms with Gasteiger partial charge in [-0.15, -0.1) is 0 Å². The Hall–Kier alpha value is -1.79. The van der Waals surface area contributed by atoms with Crippen molar-refractivity contribution in [3.05, 3.63) is 24.3 Å². The maximum Gasteiger partial charge on any atom is 0.258 e. The number of hydrogen-bond acceptors (Lipinski definition) is 5. The lowest BCUT2D eigenvalue weighted by atomic mass is 10.3. The number of ether oxygens (including phenoxy) is 3. The van der Waals surface area contributed by atoms with E-state index < -0.39 is 0 Å². The highest BCUT2D eigenvalue weighted by molar-refractivity contribution is 5.77. The Morgan fingerprint density at radius 3 is 2.40 bits per heavy atom. The minimum absolute atomic E-state index is 0.0229. The topological polar surface area (TPSA) is 82.8 Å². The number of benzene rings is 1. The molecule has 20 heavy (non-hydrogen) atoms. The van der Waals surface area contributed by atoms with Gasteiger partial charge < -0.3 is 25.3 Å². The van der Waals surface area contributed by atoms with E-state index in [9.17, 15) is 4.79 Å². The summed E-state index contributed by atoms with van der Waals surface area (Å²) in [6.45, 7) is 4.40. The monoisotopic (exact) mass is 282 g/mol. The van der Waals surface area contributed by atoms with Crippen molar-refractivity contribution in [2.75, 3.05) is 39.5 Å². The summed E-state index contributed by atoms with van der Waals surface area (Å²) in [5.41, 5.74) is 5.27. The first-order valence-corrected chi connectivity index (χ1v) is 6.66. The molecule has 0 radical (unpaired) electrons. The number of carbonyl (C=O) groups is 1. The molecule has 112 valence electrons. The Labute approximate surface area is 119 Å². The summed E-state index contributed by atoms with van der Waals surface area (Å²) in [5.74, 6) is 1.22. The minimum Gasteiger partial charge on any atom is -0.494 e. The first-order valence-electron chi connectivity index (χ1n) is 6.66. The van der Waals surface area contributed by atoms with Crippen LogP contribution in [0.25, 0.3) is 0 Å². The molecular formula is C14H22N2O4. The van der Waals surface area contributed by atoms with Crippen molar-refractivity contribution in [1.29, 1.82) is 0 Å². The van der Waals surface area contributed by atoms with Crippen LogP contribution in [0.3, 0.4) is 0 Å². The fraction of sp³-hybridized carbons (Fsp3) is 0.500. The van der Waals surface area contributed by atoms with Crippen molar-refractivity contribution < 1.29 is 19.0 Å². The van der Waals surface area contributed by atoms with Crippen LogP contribution in [0.4, 0.5) is 0 Å². The van der Waals surface area contributed by atoms with Gasteiger partial charge >= 0.3 is 0 Å². The molecule has 0 saturated heterocycles. The normalized spacial score (nSPS) is 10.1. The Kier molecular flexibility index (Phi) is 8.17. The van der Waals surface area contributed by atoms with Crippen LogP contribution < -0.4 is 20.5 Å². The molecule has 0 unspecified atom stereocenters. The minimum atomic E-state index is -0.185. The van der Waals surface area contributed by atoms with E-state index in [0.29, 0.717) is 38.7 Å². The van der Waals surface area contributed by atoms with Gasteiger partial charge in [-0.25, -0.2) is 0 Å². The van der Waals surface area contributed by atoms with Crippen LogP contribution in [-0.4, -0.2) is 45.4 Å². The highest BCUT2D eigenvalue weighted by Crippen LogP contribution is 2.17. The summed E-state index contributed by atoms with van der Waals surface area (Å²) in [7, 11) is 0. The molecule has 0 bridgehead atoms. The van der Waals surface area contributed by atoms with E-state index in [1.54, 1.807) is 24.3 Å². The van der Waals surface area contributed by atoms with Crippen LogP contribution in [0.2, 0.25) is 0 Å². The molecule has 1 aromatic rings. The van der Waals surface area contributed by atoms with Crippen molar-refractivity contribution >= 4 is 5.91 Å². The van der Waals surface area contributed by atoms with Gasteiger partial charge in [0, 0.05) is 13.1 Å². The van der Waals surface area contributed by atoms with Crippen LogP contribution in [0.1, 0.15) is 6.92 Å². The molecule has 0 saturated carbocycles. The van der Waals surface area contributed by atoms with Gasteiger partial charge in [-0.3, -0.25) is 4.79 Å². The molecule has 0 aliphatic rings. The summed E-state index contributed by atoms with van der Waals surface area (Å²) in [6, 6.07) is 7.14. The van der Waals surface area contributed by atoms with Crippen LogP contribution in [0, 0.1) is 0 Å². The molecule has 0 aliphatic carbocycles.